The Morgan fingerprint density at radius 1 is 1.60 bits per heavy atom. The first kappa shape index (κ1) is 12.7. The number of rotatable bonds is 5. The third-order valence-corrected chi connectivity index (χ3v) is 0.862. The Balaban J connectivity index is 0. The van der Waals surface area contributed by atoms with E-state index in [4.69, 9.17) is 0 Å². The van der Waals surface area contributed by atoms with Gasteiger partial charge in [0.1, 0.15) is 0 Å². The molecule has 0 saturated heterocycles. The minimum Gasteiger partial charge on any atom is -0.548 e. The smallest absolute Gasteiger partial charge is 0.548 e. The summed E-state index contributed by atoms with van der Waals surface area (Å²) in [5.41, 5.74) is 0. The van der Waals surface area contributed by atoms with E-state index in [-0.39, 0.29) is 25.5 Å². The average Bonchev–Trinajstić information content (AvgIpc) is 1.80. The maximum atomic E-state index is 9.73. The van der Waals surface area contributed by atoms with Gasteiger partial charge in [-0.15, -0.1) is 0 Å². The zero-order chi connectivity index (χ0) is 7.11. The molecule has 0 atom stereocenters. The Kier molecular flexibility index (Phi) is 11.4. The summed E-state index contributed by atoms with van der Waals surface area (Å²) >= 11 is 0. The SMILES string of the molecule is CCCCOCC(=O)[O-].[Li+]. The van der Waals surface area contributed by atoms with Crippen LogP contribution in [-0.4, -0.2) is 19.2 Å². The number of carbonyl (C=O) groups excluding carboxylic acids is 1. The van der Waals surface area contributed by atoms with Crippen molar-refractivity contribution in [2.45, 2.75) is 19.8 Å². The van der Waals surface area contributed by atoms with Crippen LogP contribution in [0.25, 0.3) is 0 Å². The van der Waals surface area contributed by atoms with Crippen molar-refractivity contribution in [3.05, 3.63) is 0 Å². The summed E-state index contributed by atoms with van der Waals surface area (Å²) in [7, 11) is 0. The molecule has 0 aromatic carbocycles. The molecule has 0 rings (SSSR count). The second kappa shape index (κ2) is 9.03. The summed E-state index contributed by atoms with van der Waals surface area (Å²) in [5, 5.41) is 9.73. The van der Waals surface area contributed by atoms with Crippen molar-refractivity contribution < 1.29 is 33.5 Å². The molecule has 0 heterocycles. The molecule has 0 spiro atoms. The van der Waals surface area contributed by atoms with Gasteiger partial charge in [-0.2, -0.15) is 0 Å². The fourth-order valence-electron chi connectivity index (χ4n) is 0.402. The predicted molar refractivity (Wildman–Crippen MR) is 30.7 cm³/mol. The molecule has 54 valence electrons. The second-order valence-corrected chi connectivity index (χ2v) is 1.78. The molecule has 0 radical (unpaired) electrons. The Labute approximate surface area is 72.9 Å². The van der Waals surface area contributed by atoms with Gasteiger partial charge in [0, 0.05) is 6.61 Å². The topological polar surface area (TPSA) is 49.4 Å². The van der Waals surface area contributed by atoms with E-state index < -0.39 is 5.97 Å². The Bertz CT molecular complexity index is 85.1. The number of carboxylic acids is 1. The van der Waals surface area contributed by atoms with E-state index in [0.29, 0.717) is 6.61 Å². The van der Waals surface area contributed by atoms with Crippen LogP contribution < -0.4 is 24.0 Å². The second-order valence-electron chi connectivity index (χ2n) is 1.78. The van der Waals surface area contributed by atoms with Crippen LogP contribution in [0.3, 0.4) is 0 Å². The van der Waals surface area contributed by atoms with Crippen LogP contribution in [-0.2, 0) is 9.53 Å². The molecular formula is C6H11LiO3. The van der Waals surface area contributed by atoms with E-state index in [2.05, 4.69) is 4.74 Å². The van der Waals surface area contributed by atoms with Gasteiger partial charge in [-0.1, -0.05) is 13.3 Å². The molecule has 0 aromatic heterocycles. The molecule has 0 aromatic rings. The molecule has 0 aliphatic heterocycles. The zero-order valence-electron chi connectivity index (χ0n) is 6.55. The fraction of sp³-hybridized carbons (Fsp3) is 0.833. The first-order valence-corrected chi connectivity index (χ1v) is 3.05. The number of aliphatic carboxylic acids is 1. The van der Waals surface area contributed by atoms with Crippen LogP contribution in [0.5, 0.6) is 0 Å². The van der Waals surface area contributed by atoms with Crippen molar-refractivity contribution in [3.8, 4) is 0 Å². The number of unbranched alkanes of at least 4 members (excludes halogenated alkanes) is 1. The van der Waals surface area contributed by atoms with E-state index in [9.17, 15) is 9.90 Å². The van der Waals surface area contributed by atoms with E-state index >= 15 is 0 Å². The van der Waals surface area contributed by atoms with Crippen molar-refractivity contribution in [1.82, 2.24) is 0 Å². The van der Waals surface area contributed by atoms with Crippen molar-refractivity contribution in [3.63, 3.8) is 0 Å². The average molecular weight is 138 g/mol. The summed E-state index contributed by atoms with van der Waals surface area (Å²) < 4.78 is 4.67. The third kappa shape index (κ3) is 10.9. The molecule has 10 heavy (non-hydrogen) atoms. The summed E-state index contributed by atoms with van der Waals surface area (Å²) in [5.74, 6) is -1.15. The van der Waals surface area contributed by atoms with Gasteiger partial charge >= 0.3 is 18.9 Å². The van der Waals surface area contributed by atoms with E-state index in [1.165, 1.54) is 0 Å². The quantitative estimate of drug-likeness (QED) is 0.293. The molecule has 0 fully saturated rings. The van der Waals surface area contributed by atoms with Crippen LogP contribution in [0.4, 0.5) is 0 Å². The van der Waals surface area contributed by atoms with E-state index in [1.54, 1.807) is 0 Å². The van der Waals surface area contributed by atoms with Crippen LogP contribution in [0, 0.1) is 0 Å². The number of hydrogen-bond acceptors (Lipinski definition) is 3. The molecule has 0 N–H and O–H groups in total. The first-order valence-electron chi connectivity index (χ1n) is 3.05. The monoisotopic (exact) mass is 138 g/mol. The summed E-state index contributed by atoms with van der Waals surface area (Å²) in [6, 6.07) is 0. The van der Waals surface area contributed by atoms with Crippen molar-refractivity contribution in [2.75, 3.05) is 13.2 Å². The van der Waals surface area contributed by atoms with Crippen LogP contribution in [0.1, 0.15) is 19.8 Å². The molecule has 0 amide bonds. The van der Waals surface area contributed by atoms with E-state index in [1.807, 2.05) is 6.92 Å². The van der Waals surface area contributed by atoms with Gasteiger partial charge < -0.3 is 14.6 Å². The zero-order valence-corrected chi connectivity index (χ0v) is 6.55. The van der Waals surface area contributed by atoms with Gasteiger partial charge in [-0.25, -0.2) is 0 Å². The molecule has 0 aliphatic carbocycles. The van der Waals surface area contributed by atoms with Crippen molar-refractivity contribution >= 4 is 5.97 Å². The predicted octanol–water partition coefficient (Wildman–Crippen LogP) is -3.44. The maximum absolute atomic E-state index is 9.73. The molecular weight excluding hydrogens is 127 g/mol. The Morgan fingerprint density at radius 2 is 2.20 bits per heavy atom. The molecule has 3 nitrogen and oxygen atoms in total. The molecule has 0 unspecified atom stereocenters. The van der Waals surface area contributed by atoms with Crippen molar-refractivity contribution in [1.29, 1.82) is 0 Å². The number of carboxylic acid groups (broad SMARTS) is 1. The summed E-state index contributed by atoms with van der Waals surface area (Å²) in [4.78, 5) is 9.73. The Morgan fingerprint density at radius 3 is 2.60 bits per heavy atom. The van der Waals surface area contributed by atoms with E-state index in [0.717, 1.165) is 12.8 Å². The van der Waals surface area contributed by atoms with Crippen molar-refractivity contribution in [2.24, 2.45) is 0 Å². The van der Waals surface area contributed by atoms with Gasteiger partial charge in [-0.05, 0) is 6.42 Å². The normalized spacial score (nSPS) is 8.50. The first-order chi connectivity index (χ1) is 4.27. The third-order valence-electron chi connectivity index (χ3n) is 0.862. The molecule has 4 heteroatoms. The number of ether oxygens (including phenoxy) is 1. The number of hydrogen-bond donors (Lipinski definition) is 0. The summed E-state index contributed by atoms with van der Waals surface area (Å²) in [6.07, 6.45) is 1.93. The van der Waals surface area contributed by atoms with Gasteiger partial charge in [0.2, 0.25) is 0 Å². The minimum atomic E-state index is -1.15. The standard InChI is InChI=1S/C6H12O3.Li/c1-2-3-4-9-5-6(7)8;/h2-5H2,1H3,(H,7,8);/q;+1/p-1. The molecule has 0 bridgehead atoms. The van der Waals surface area contributed by atoms with Gasteiger partial charge in [-0.3, -0.25) is 0 Å². The largest absolute Gasteiger partial charge is 1.00 e. The Hall–Kier alpha value is 0.0274. The van der Waals surface area contributed by atoms with Crippen LogP contribution >= 0.6 is 0 Å². The molecule has 0 aliphatic rings. The van der Waals surface area contributed by atoms with Crippen LogP contribution in [0.2, 0.25) is 0 Å². The summed E-state index contributed by atoms with van der Waals surface area (Å²) in [6.45, 7) is 2.26. The van der Waals surface area contributed by atoms with Gasteiger partial charge in [0.25, 0.3) is 0 Å². The number of carbonyl (C=O) groups is 1. The fourth-order valence-corrected chi connectivity index (χ4v) is 0.402. The van der Waals surface area contributed by atoms with Gasteiger partial charge in [0.15, 0.2) is 0 Å². The van der Waals surface area contributed by atoms with Crippen LogP contribution in [0.15, 0.2) is 0 Å². The van der Waals surface area contributed by atoms with Gasteiger partial charge in [0.05, 0.1) is 12.6 Å². The molecule has 0 saturated carbocycles. The minimum absolute atomic E-state index is 0. The maximum Gasteiger partial charge on any atom is 1.00 e.